The molecule has 4 unspecified atom stereocenters. The van der Waals surface area contributed by atoms with Crippen molar-refractivity contribution in [3.05, 3.63) is 0 Å². The van der Waals surface area contributed by atoms with Gasteiger partial charge in [-0.3, -0.25) is 0 Å². The lowest BCUT2D eigenvalue weighted by atomic mass is 9.90. The van der Waals surface area contributed by atoms with Crippen LogP contribution in [-0.2, 0) is 4.74 Å². The summed E-state index contributed by atoms with van der Waals surface area (Å²) in [6.07, 6.45) is 5.68. The fourth-order valence-corrected chi connectivity index (χ4v) is 2.52. The van der Waals surface area contributed by atoms with Gasteiger partial charge in [-0.1, -0.05) is 68.2 Å². The SMILES string of the molecule is CCC(C)C(CC(C)C)OC(CC(C)C)C(C)CC. The topological polar surface area (TPSA) is 9.23 Å². The van der Waals surface area contributed by atoms with Gasteiger partial charge in [0.2, 0.25) is 0 Å². The molecule has 116 valence electrons. The summed E-state index contributed by atoms with van der Waals surface area (Å²) < 4.78 is 6.58. The van der Waals surface area contributed by atoms with Crippen LogP contribution in [0.25, 0.3) is 0 Å². The smallest absolute Gasteiger partial charge is 0.0606 e. The second-order valence-electron chi connectivity index (χ2n) is 7.24. The minimum Gasteiger partial charge on any atom is -0.374 e. The maximum atomic E-state index is 6.58. The third-order valence-corrected chi connectivity index (χ3v) is 4.31. The van der Waals surface area contributed by atoms with Gasteiger partial charge >= 0.3 is 0 Å². The van der Waals surface area contributed by atoms with E-state index in [4.69, 9.17) is 4.74 Å². The third-order valence-electron chi connectivity index (χ3n) is 4.31. The molecule has 0 saturated heterocycles. The van der Waals surface area contributed by atoms with Crippen molar-refractivity contribution in [2.24, 2.45) is 23.7 Å². The first-order valence-corrected chi connectivity index (χ1v) is 8.47. The zero-order valence-corrected chi connectivity index (χ0v) is 14.7. The predicted octanol–water partition coefficient (Wildman–Crippen LogP) is 5.92. The Bertz CT molecular complexity index is 188. The van der Waals surface area contributed by atoms with E-state index in [0.29, 0.717) is 24.0 Å². The fraction of sp³-hybridized carbons (Fsp3) is 1.00. The van der Waals surface area contributed by atoms with Gasteiger partial charge in [0.25, 0.3) is 0 Å². The van der Waals surface area contributed by atoms with Gasteiger partial charge < -0.3 is 4.74 Å². The predicted molar refractivity (Wildman–Crippen MR) is 86.5 cm³/mol. The van der Waals surface area contributed by atoms with Crippen molar-refractivity contribution in [1.29, 1.82) is 0 Å². The summed E-state index contributed by atoms with van der Waals surface area (Å²) in [5.41, 5.74) is 0. The van der Waals surface area contributed by atoms with Crippen molar-refractivity contribution in [2.45, 2.75) is 93.3 Å². The van der Waals surface area contributed by atoms with Crippen LogP contribution in [0.15, 0.2) is 0 Å². The molecule has 0 heterocycles. The molecule has 0 radical (unpaired) electrons. The minimum absolute atomic E-state index is 0.433. The van der Waals surface area contributed by atoms with Crippen molar-refractivity contribution in [3.8, 4) is 0 Å². The van der Waals surface area contributed by atoms with E-state index in [1.807, 2.05) is 0 Å². The Morgan fingerprint density at radius 1 is 0.632 bits per heavy atom. The molecular formula is C18H38O. The first-order valence-electron chi connectivity index (χ1n) is 8.47. The van der Waals surface area contributed by atoms with Crippen molar-refractivity contribution >= 4 is 0 Å². The van der Waals surface area contributed by atoms with Crippen molar-refractivity contribution < 1.29 is 4.74 Å². The molecule has 0 N–H and O–H groups in total. The number of rotatable bonds is 10. The largest absolute Gasteiger partial charge is 0.374 e. The molecule has 0 spiro atoms. The maximum absolute atomic E-state index is 6.58. The Morgan fingerprint density at radius 2 is 0.947 bits per heavy atom. The Hall–Kier alpha value is -0.0400. The van der Waals surface area contributed by atoms with E-state index in [2.05, 4.69) is 55.4 Å². The summed E-state index contributed by atoms with van der Waals surface area (Å²) >= 11 is 0. The molecule has 0 amide bonds. The summed E-state index contributed by atoms with van der Waals surface area (Å²) in [6.45, 7) is 18.5. The van der Waals surface area contributed by atoms with Gasteiger partial charge in [0.05, 0.1) is 12.2 Å². The average molecular weight is 271 g/mol. The molecule has 0 saturated carbocycles. The van der Waals surface area contributed by atoms with E-state index >= 15 is 0 Å². The van der Waals surface area contributed by atoms with Gasteiger partial charge in [-0.05, 0) is 36.5 Å². The summed E-state index contributed by atoms with van der Waals surface area (Å²) in [5, 5.41) is 0. The lowest BCUT2D eigenvalue weighted by Gasteiger charge is -2.33. The van der Waals surface area contributed by atoms with E-state index < -0.39 is 0 Å². The van der Waals surface area contributed by atoms with Crippen LogP contribution < -0.4 is 0 Å². The first-order chi connectivity index (χ1) is 8.81. The average Bonchev–Trinajstić information content (AvgIpc) is 2.33. The molecule has 0 aromatic heterocycles. The molecule has 4 atom stereocenters. The Balaban J connectivity index is 4.70. The van der Waals surface area contributed by atoms with Crippen LogP contribution in [0, 0.1) is 23.7 Å². The quantitative estimate of drug-likeness (QED) is 0.478. The summed E-state index contributed by atoms with van der Waals surface area (Å²) in [7, 11) is 0. The zero-order chi connectivity index (χ0) is 15.0. The second kappa shape index (κ2) is 9.80. The molecule has 0 aromatic rings. The highest BCUT2D eigenvalue weighted by Crippen LogP contribution is 2.27. The van der Waals surface area contributed by atoms with Crippen LogP contribution in [0.4, 0.5) is 0 Å². The molecule has 1 heteroatoms. The molecule has 0 bridgehead atoms. The first kappa shape index (κ1) is 19.0. The van der Waals surface area contributed by atoms with Crippen LogP contribution in [0.3, 0.4) is 0 Å². The van der Waals surface area contributed by atoms with Crippen LogP contribution in [0.1, 0.15) is 81.1 Å². The highest BCUT2D eigenvalue weighted by Gasteiger charge is 2.25. The summed E-state index contributed by atoms with van der Waals surface area (Å²) in [4.78, 5) is 0. The van der Waals surface area contributed by atoms with Crippen molar-refractivity contribution in [3.63, 3.8) is 0 Å². The third kappa shape index (κ3) is 7.97. The van der Waals surface area contributed by atoms with Crippen molar-refractivity contribution in [1.82, 2.24) is 0 Å². The summed E-state index contributed by atoms with van der Waals surface area (Å²) in [5.74, 6) is 2.77. The van der Waals surface area contributed by atoms with Crippen LogP contribution in [0.2, 0.25) is 0 Å². The van der Waals surface area contributed by atoms with E-state index in [0.717, 1.165) is 11.8 Å². The molecule has 19 heavy (non-hydrogen) atoms. The molecule has 0 aromatic carbocycles. The number of hydrogen-bond donors (Lipinski definition) is 0. The molecule has 0 aliphatic heterocycles. The van der Waals surface area contributed by atoms with E-state index in [9.17, 15) is 0 Å². The Labute approximate surface area is 122 Å². The van der Waals surface area contributed by atoms with Gasteiger partial charge in [-0.2, -0.15) is 0 Å². The summed E-state index contributed by atoms with van der Waals surface area (Å²) in [6, 6.07) is 0. The van der Waals surface area contributed by atoms with Gasteiger partial charge in [0.15, 0.2) is 0 Å². The fourth-order valence-electron chi connectivity index (χ4n) is 2.52. The van der Waals surface area contributed by atoms with Gasteiger partial charge in [-0.25, -0.2) is 0 Å². The van der Waals surface area contributed by atoms with Crippen LogP contribution >= 0.6 is 0 Å². The van der Waals surface area contributed by atoms with Crippen molar-refractivity contribution in [2.75, 3.05) is 0 Å². The number of ether oxygens (including phenoxy) is 1. The van der Waals surface area contributed by atoms with E-state index in [1.54, 1.807) is 0 Å². The van der Waals surface area contributed by atoms with Crippen LogP contribution in [0.5, 0.6) is 0 Å². The Kier molecular flexibility index (Phi) is 9.78. The normalized spacial score (nSPS) is 18.6. The van der Waals surface area contributed by atoms with E-state index in [-0.39, 0.29) is 0 Å². The molecular weight excluding hydrogens is 232 g/mol. The maximum Gasteiger partial charge on any atom is 0.0606 e. The Morgan fingerprint density at radius 3 is 1.16 bits per heavy atom. The highest BCUT2D eigenvalue weighted by atomic mass is 16.5. The monoisotopic (exact) mass is 270 g/mol. The minimum atomic E-state index is 0.433. The molecule has 0 rings (SSSR count). The molecule has 0 aliphatic carbocycles. The van der Waals surface area contributed by atoms with Gasteiger partial charge in [0, 0.05) is 0 Å². The molecule has 0 aliphatic rings. The van der Waals surface area contributed by atoms with Crippen LogP contribution in [-0.4, -0.2) is 12.2 Å². The number of hydrogen-bond acceptors (Lipinski definition) is 1. The van der Waals surface area contributed by atoms with E-state index in [1.165, 1.54) is 25.7 Å². The highest BCUT2D eigenvalue weighted by molar-refractivity contribution is 4.74. The van der Waals surface area contributed by atoms with Gasteiger partial charge in [0.1, 0.15) is 0 Å². The van der Waals surface area contributed by atoms with Gasteiger partial charge in [-0.15, -0.1) is 0 Å². The zero-order valence-electron chi connectivity index (χ0n) is 14.7. The standard InChI is InChI=1S/C18H38O/c1-9-15(7)17(11-13(3)4)19-18(12-14(5)6)16(8)10-2/h13-18H,9-12H2,1-8H3. The lowest BCUT2D eigenvalue weighted by Crippen LogP contribution is -2.33. The second-order valence-corrected chi connectivity index (χ2v) is 7.24. The molecule has 1 nitrogen and oxygen atoms in total. The molecule has 0 fully saturated rings. The lowest BCUT2D eigenvalue weighted by molar-refractivity contribution is -0.0796.